The first kappa shape index (κ1) is 4.87. The van der Waals surface area contributed by atoms with E-state index in [-0.39, 0.29) is 0 Å². The number of hydrogen-bond acceptors (Lipinski definition) is 2. The Bertz CT molecular complexity index is 143. The van der Waals surface area contributed by atoms with E-state index in [4.69, 9.17) is 23.4 Å². The van der Waals surface area contributed by atoms with Crippen LogP contribution in [0.2, 0.25) is 5.15 Å². The summed E-state index contributed by atoms with van der Waals surface area (Å²) in [6, 6.07) is 0. The van der Waals surface area contributed by atoms with Crippen LogP contribution in [0.25, 0.3) is 0 Å². The molecule has 0 fully saturated rings. The Morgan fingerprint density at radius 2 is 2.43 bits per heavy atom. The van der Waals surface area contributed by atoms with Gasteiger partial charge in [0, 0.05) is 11.8 Å². The molecule has 0 atom stereocenters. The second kappa shape index (κ2) is 1.68. The van der Waals surface area contributed by atoms with Crippen LogP contribution in [0.3, 0.4) is 0 Å². The molecule has 0 aliphatic heterocycles. The fourth-order valence-corrected chi connectivity index (χ4v) is 0.527. The van der Waals surface area contributed by atoms with Crippen LogP contribution in [0.1, 0.15) is 0 Å². The third kappa shape index (κ3) is 1.04. The van der Waals surface area contributed by atoms with Crippen molar-refractivity contribution >= 4 is 23.4 Å². The lowest BCUT2D eigenvalue weighted by molar-refractivity contribution is 0.880. The molecule has 0 N–H and O–H groups in total. The number of aromatic nitrogens is 3. The van der Waals surface area contributed by atoms with Crippen LogP contribution in [0.5, 0.6) is 0 Å². The summed E-state index contributed by atoms with van der Waals surface area (Å²) in [5.74, 6) is 0. The van der Waals surface area contributed by atoms with E-state index in [9.17, 15) is 0 Å². The van der Waals surface area contributed by atoms with Crippen molar-refractivity contribution in [3.63, 3.8) is 0 Å². The first-order chi connectivity index (χ1) is 3.29. The molecule has 0 saturated carbocycles. The Balaban J connectivity index is 3.04. The summed E-state index contributed by atoms with van der Waals surface area (Å²) in [5, 5.41) is 6.98. The molecule has 0 unspecified atom stereocenters. The monoisotopic (exact) mass is 137 g/mol. The lowest BCUT2D eigenvalue weighted by Crippen LogP contribution is -1.76. The topological polar surface area (TPSA) is 30.7 Å². The maximum Gasteiger partial charge on any atom is 0.172 e. The molecule has 0 spiro atoms. The van der Waals surface area contributed by atoms with Gasteiger partial charge in [-0.05, 0) is 5.21 Å². The molecule has 5 heteroatoms. The van der Waals surface area contributed by atoms with Gasteiger partial charge in [0.15, 0.2) is 5.15 Å². The second-order valence-electron chi connectivity index (χ2n) is 0.930. The van der Waals surface area contributed by atoms with Crippen molar-refractivity contribution in [3.05, 3.63) is 11.3 Å². The van der Waals surface area contributed by atoms with E-state index in [1.54, 1.807) is 0 Å². The van der Waals surface area contributed by atoms with E-state index < -0.39 is 0 Å². The predicted octanol–water partition coefficient (Wildman–Crippen LogP) is 0.933. The van der Waals surface area contributed by atoms with Crippen molar-refractivity contribution in [2.45, 2.75) is 0 Å². The highest BCUT2D eigenvalue weighted by Gasteiger charge is 1.88. The van der Waals surface area contributed by atoms with Gasteiger partial charge in [0.25, 0.3) is 0 Å². The lowest BCUT2D eigenvalue weighted by atomic mass is 11.0. The van der Waals surface area contributed by atoms with Gasteiger partial charge in [0.05, 0.1) is 6.20 Å². The SMILES string of the molecule is Clc1cn(Cl)nn1. The highest BCUT2D eigenvalue weighted by molar-refractivity contribution is 6.29. The molecule has 1 aromatic heterocycles. The molecule has 0 aliphatic carbocycles. The molecule has 0 aromatic carbocycles. The molecule has 0 radical (unpaired) electrons. The molecule has 0 saturated heterocycles. The molecule has 7 heavy (non-hydrogen) atoms. The average molecular weight is 138 g/mol. The van der Waals surface area contributed by atoms with Crippen molar-refractivity contribution in [2.24, 2.45) is 0 Å². The van der Waals surface area contributed by atoms with Gasteiger partial charge < -0.3 is 0 Å². The zero-order valence-corrected chi connectivity index (χ0v) is 4.69. The van der Waals surface area contributed by atoms with Crippen molar-refractivity contribution in [1.82, 2.24) is 14.5 Å². The van der Waals surface area contributed by atoms with Crippen molar-refractivity contribution in [3.8, 4) is 0 Å². The van der Waals surface area contributed by atoms with Gasteiger partial charge in [-0.15, -0.1) is 5.10 Å². The molecule has 0 amide bonds. The van der Waals surface area contributed by atoms with Crippen LogP contribution in [-0.4, -0.2) is 14.5 Å². The van der Waals surface area contributed by atoms with Crippen molar-refractivity contribution < 1.29 is 0 Å². The first-order valence-electron chi connectivity index (χ1n) is 1.53. The minimum Gasteiger partial charge on any atom is -0.158 e. The van der Waals surface area contributed by atoms with Gasteiger partial charge in [-0.2, -0.15) is 4.20 Å². The maximum absolute atomic E-state index is 5.28. The maximum atomic E-state index is 5.28. The smallest absolute Gasteiger partial charge is 0.158 e. The van der Waals surface area contributed by atoms with E-state index >= 15 is 0 Å². The van der Waals surface area contributed by atoms with Gasteiger partial charge in [0.1, 0.15) is 0 Å². The molecule has 1 aromatic rings. The largest absolute Gasteiger partial charge is 0.172 e. The molecule has 0 bridgehead atoms. The molecule has 38 valence electrons. The number of nitrogens with zero attached hydrogens (tertiary/aromatic N) is 3. The van der Waals surface area contributed by atoms with E-state index in [1.165, 1.54) is 6.20 Å². The zero-order valence-electron chi connectivity index (χ0n) is 3.17. The zero-order chi connectivity index (χ0) is 5.28. The van der Waals surface area contributed by atoms with Crippen LogP contribution >= 0.6 is 23.4 Å². The minimum atomic E-state index is 0.301. The summed E-state index contributed by atoms with van der Waals surface area (Å²) in [6.45, 7) is 0. The molecule has 3 nitrogen and oxygen atoms in total. The Labute approximate surface area is 49.9 Å². The summed E-state index contributed by atoms with van der Waals surface area (Å²) in [7, 11) is 0. The normalized spacial score (nSPS) is 9.43. The average Bonchev–Trinajstić information content (AvgIpc) is 1.87. The fourth-order valence-electron chi connectivity index (χ4n) is 0.225. The van der Waals surface area contributed by atoms with Crippen molar-refractivity contribution in [2.75, 3.05) is 0 Å². The quantitative estimate of drug-likeness (QED) is 0.533. The standard InChI is InChI=1S/C2HCl2N3/c3-2-1-7(4)6-5-2/h1H. The Morgan fingerprint density at radius 1 is 1.71 bits per heavy atom. The number of hydrogen-bond donors (Lipinski definition) is 0. The first-order valence-corrected chi connectivity index (χ1v) is 2.24. The summed E-state index contributed by atoms with van der Waals surface area (Å²) >= 11 is 10.5. The van der Waals surface area contributed by atoms with Gasteiger partial charge in [0.2, 0.25) is 0 Å². The van der Waals surface area contributed by atoms with E-state index in [0.717, 1.165) is 4.20 Å². The van der Waals surface area contributed by atoms with E-state index in [1.807, 2.05) is 0 Å². The minimum absolute atomic E-state index is 0.301. The molecule has 0 aliphatic rings. The van der Waals surface area contributed by atoms with Gasteiger partial charge in [-0.25, -0.2) is 0 Å². The van der Waals surface area contributed by atoms with Gasteiger partial charge in [-0.3, -0.25) is 0 Å². The second-order valence-corrected chi connectivity index (χ2v) is 1.66. The summed E-state index contributed by atoms with van der Waals surface area (Å²) in [5.41, 5.74) is 0. The van der Waals surface area contributed by atoms with Gasteiger partial charge >= 0.3 is 0 Å². The summed E-state index contributed by atoms with van der Waals surface area (Å²) in [6.07, 6.45) is 1.39. The number of rotatable bonds is 0. The molecule has 1 heterocycles. The number of halogens is 2. The van der Waals surface area contributed by atoms with Crippen LogP contribution in [0.4, 0.5) is 0 Å². The van der Waals surface area contributed by atoms with Crippen LogP contribution in [0, 0.1) is 0 Å². The highest BCUT2D eigenvalue weighted by Crippen LogP contribution is 1.99. The van der Waals surface area contributed by atoms with E-state index in [0.29, 0.717) is 5.15 Å². The lowest BCUT2D eigenvalue weighted by Gasteiger charge is -1.69. The summed E-state index contributed by atoms with van der Waals surface area (Å²) in [4.78, 5) is 0. The third-order valence-electron chi connectivity index (χ3n) is 0.439. The van der Waals surface area contributed by atoms with Crippen LogP contribution in [-0.2, 0) is 0 Å². The predicted molar refractivity (Wildman–Crippen MR) is 26.3 cm³/mol. The molecular formula is C2HCl2N3. The molecular weight excluding hydrogens is 137 g/mol. The molecule has 1 rings (SSSR count). The fraction of sp³-hybridized carbons (Fsp3) is 0. The Morgan fingerprint density at radius 3 is 2.57 bits per heavy atom. The van der Waals surface area contributed by atoms with E-state index in [2.05, 4.69) is 10.3 Å². The van der Waals surface area contributed by atoms with Crippen LogP contribution < -0.4 is 0 Å². The highest BCUT2D eigenvalue weighted by atomic mass is 35.5. The summed E-state index contributed by atoms with van der Waals surface area (Å²) < 4.78 is 1.02. The van der Waals surface area contributed by atoms with Crippen molar-refractivity contribution in [1.29, 1.82) is 0 Å². The Hall–Kier alpha value is -0.280. The van der Waals surface area contributed by atoms with Crippen LogP contribution in [0.15, 0.2) is 6.20 Å². The third-order valence-corrected chi connectivity index (χ3v) is 0.777. The van der Waals surface area contributed by atoms with Gasteiger partial charge in [-0.1, -0.05) is 11.6 Å². The Kier molecular flexibility index (Phi) is 1.17.